The lowest BCUT2D eigenvalue weighted by atomic mass is 10.1. The molecule has 0 saturated heterocycles. The molecule has 1 atom stereocenters. The number of nitrogens with zero attached hydrogens (tertiary/aromatic N) is 5. The van der Waals surface area contributed by atoms with Gasteiger partial charge in [0.2, 0.25) is 0 Å². The standard InChI is InChI=1S/C22H31N7O.HI/c1-6-19-18(20(7-2)30-28-19)13-23-22(24-14-21-27-26-16(4)29(21)5)25-15(3)17-11-9-8-10-12-17;/h8-12,15H,6-7,13-14H2,1-5H3,(H2,23,24,25);1H. The number of benzene rings is 1. The molecule has 0 saturated carbocycles. The molecule has 0 fully saturated rings. The minimum absolute atomic E-state index is 0. The van der Waals surface area contributed by atoms with Crippen molar-refractivity contribution in [1.29, 1.82) is 0 Å². The third kappa shape index (κ3) is 6.28. The Hall–Kier alpha value is -2.43. The van der Waals surface area contributed by atoms with Crippen LogP contribution in [0, 0.1) is 6.92 Å². The maximum absolute atomic E-state index is 5.48. The lowest BCUT2D eigenvalue weighted by molar-refractivity contribution is 0.380. The van der Waals surface area contributed by atoms with Gasteiger partial charge in [-0.3, -0.25) is 0 Å². The molecule has 0 aliphatic rings. The normalized spacial score (nSPS) is 12.4. The molecule has 0 aliphatic heterocycles. The van der Waals surface area contributed by atoms with Crippen LogP contribution >= 0.6 is 24.0 Å². The van der Waals surface area contributed by atoms with Crippen molar-refractivity contribution in [3.63, 3.8) is 0 Å². The van der Waals surface area contributed by atoms with Gasteiger partial charge in [0.15, 0.2) is 11.8 Å². The van der Waals surface area contributed by atoms with E-state index in [0.717, 1.165) is 41.5 Å². The number of aromatic nitrogens is 4. The highest BCUT2D eigenvalue weighted by Gasteiger charge is 2.15. The largest absolute Gasteiger partial charge is 0.361 e. The van der Waals surface area contributed by atoms with Crippen LogP contribution in [0.4, 0.5) is 0 Å². The summed E-state index contributed by atoms with van der Waals surface area (Å²) in [5, 5.41) is 19.4. The molecule has 168 valence electrons. The molecule has 31 heavy (non-hydrogen) atoms. The monoisotopic (exact) mass is 537 g/mol. The Labute approximate surface area is 200 Å². The van der Waals surface area contributed by atoms with E-state index in [1.165, 1.54) is 5.56 Å². The van der Waals surface area contributed by atoms with Crippen LogP contribution in [-0.2, 0) is 33.0 Å². The zero-order valence-corrected chi connectivity index (χ0v) is 21.2. The van der Waals surface area contributed by atoms with Gasteiger partial charge in [-0.1, -0.05) is 49.3 Å². The average molecular weight is 537 g/mol. The number of aryl methyl sites for hydroxylation is 3. The molecule has 3 rings (SSSR count). The van der Waals surface area contributed by atoms with E-state index in [9.17, 15) is 0 Å². The fourth-order valence-electron chi connectivity index (χ4n) is 3.23. The summed E-state index contributed by atoms with van der Waals surface area (Å²) in [4.78, 5) is 4.84. The Balaban J connectivity index is 0.00000341. The molecule has 0 radical (unpaired) electrons. The second-order valence-electron chi connectivity index (χ2n) is 7.26. The minimum Gasteiger partial charge on any atom is -0.361 e. The predicted molar refractivity (Wildman–Crippen MR) is 132 cm³/mol. The summed E-state index contributed by atoms with van der Waals surface area (Å²) in [6.07, 6.45) is 1.62. The topological polar surface area (TPSA) is 93.2 Å². The van der Waals surface area contributed by atoms with E-state index in [1.54, 1.807) is 0 Å². The molecule has 0 aliphatic carbocycles. The van der Waals surface area contributed by atoms with Crippen LogP contribution in [0.2, 0.25) is 0 Å². The first-order valence-electron chi connectivity index (χ1n) is 10.4. The lowest BCUT2D eigenvalue weighted by Gasteiger charge is -2.18. The number of halogens is 1. The zero-order valence-electron chi connectivity index (χ0n) is 18.8. The minimum atomic E-state index is 0. The Bertz CT molecular complexity index is 960. The van der Waals surface area contributed by atoms with Crippen molar-refractivity contribution in [3.8, 4) is 0 Å². The molecule has 8 nitrogen and oxygen atoms in total. The molecule has 0 amide bonds. The SMILES string of the molecule is CCc1noc(CC)c1CN=C(NCc1nnc(C)n1C)NC(C)c1ccccc1.I. The van der Waals surface area contributed by atoms with Crippen molar-refractivity contribution in [3.05, 3.63) is 64.6 Å². The number of rotatable bonds is 8. The third-order valence-electron chi connectivity index (χ3n) is 5.25. The highest BCUT2D eigenvalue weighted by molar-refractivity contribution is 14.0. The van der Waals surface area contributed by atoms with Gasteiger partial charge in [-0.05, 0) is 25.8 Å². The molecule has 1 unspecified atom stereocenters. The quantitative estimate of drug-likeness (QED) is 0.258. The summed E-state index contributed by atoms with van der Waals surface area (Å²) < 4.78 is 7.45. The molecule has 2 aromatic heterocycles. The van der Waals surface area contributed by atoms with Gasteiger partial charge in [0.25, 0.3) is 0 Å². The Morgan fingerprint density at radius 1 is 1.16 bits per heavy atom. The fourth-order valence-corrected chi connectivity index (χ4v) is 3.23. The van der Waals surface area contributed by atoms with Gasteiger partial charge in [-0.2, -0.15) is 0 Å². The molecule has 1 aromatic carbocycles. The molecule has 0 bridgehead atoms. The van der Waals surface area contributed by atoms with E-state index < -0.39 is 0 Å². The molecule has 3 aromatic rings. The van der Waals surface area contributed by atoms with E-state index in [2.05, 4.69) is 58.9 Å². The zero-order chi connectivity index (χ0) is 21.5. The van der Waals surface area contributed by atoms with Crippen molar-refractivity contribution in [1.82, 2.24) is 30.6 Å². The van der Waals surface area contributed by atoms with Crippen LogP contribution in [0.1, 0.15) is 61.0 Å². The van der Waals surface area contributed by atoms with Gasteiger partial charge >= 0.3 is 0 Å². The first-order chi connectivity index (χ1) is 14.5. The van der Waals surface area contributed by atoms with Crippen LogP contribution in [0.5, 0.6) is 0 Å². The maximum Gasteiger partial charge on any atom is 0.192 e. The number of hydrogen-bond donors (Lipinski definition) is 2. The Morgan fingerprint density at radius 3 is 2.52 bits per heavy atom. The lowest BCUT2D eigenvalue weighted by Crippen LogP contribution is -2.39. The van der Waals surface area contributed by atoms with Crippen LogP contribution in [0.3, 0.4) is 0 Å². The van der Waals surface area contributed by atoms with Crippen molar-refractivity contribution in [2.75, 3.05) is 0 Å². The van der Waals surface area contributed by atoms with Gasteiger partial charge in [-0.15, -0.1) is 34.2 Å². The van der Waals surface area contributed by atoms with Gasteiger partial charge in [0.1, 0.15) is 11.6 Å². The summed E-state index contributed by atoms with van der Waals surface area (Å²) in [5.74, 6) is 3.33. The average Bonchev–Trinajstić information content (AvgIpc) is 3.32. The summed E-state index contributed by atoms with van der Waals surface area (Å²) in [5.41, 5.74) is 3.23. The van der Waals surface area contributed by atoms with Crippen molar-refractivity contribution in [2.45, 2.75) is 59.7 Å². The van der Waals surface area contributed by atoms with Gasteiger partial charge in [0.05, 0.1) is 24.8 Å². The van der Waals surface area contributed by atoms with E-state index in [-0.39, 0.29) is 30.0 Å². The highest BCUT2D eigenvalue weighted by Crippen LogP contribution is 2.17. The van der Waals surface area contributed by atoms with Crippen molar-refractivity contribution < 1.29 is 4.52 Å². The van der Waals surface area contributed by atoms with Gasteiger partial charge < -0.3 is 19.7 Å². The van der Waals surface area contributed by atoms with Crippen LogP contribution < -0.4 is 10.6 Å². The van der Waals surface area contributed by atoms with Crippen LogP contribution in [0.15, 0.2) is 39.8 Å². The highest BCUT2D eigenvalue weighted by atomic mass is 127. The first kappa shape index (κ1) is 24.8. The van der Waals surface area contributed by atoms with Gasteiger partial charge in [-0.25, -0.2) is 4.99 Å². The summed E-state index contributed by atoms with van der Waals surface area (Å²) in [6, 6.07) is 10.4. The fraction of sp³-hybridized carbons (Fsp3) is 0.455. The molecular weight excluding hydrogens is 505 g/mol. The predicted octanol–water partition coefficient (Wildman–Crippen LogP) is 3.85. The number of aliphatic imine (C=N–C) groups is 1. The molecule has 0 spiro atoms. The van der Waals surface area contributed by atoms with Crippen molar-refractivity contribution >= 4 is 29.9 Å². The Kier molecular flexibility index (Phi) is 9.47. The molecular formula is C22H32IN7O. The van der Waals surface area contributed by atoms with E-state index >= 15 is 0 Å². The van der Waals surface area contributed by atoms with Crippen LogP contribution in [-0.4, -0.2) is 25.9 Å². The maximum atomic E-state index is 5.48. The molecule has 9 heteroatoms. The van der Waals surface area contributed by atoms with Gasteiger partial charge in [0, 0.05) is 19.0 Å². The number of nitrogens with one attached hydrogen (secondary N) is 2. The second-order valence-corrected chi connectivity index (χ2v) is 7.26. The number of guanidine groups is 1. The first-order valence-corrected chi connectivity index (χ1v) is 10.4. The summed E-state index contributed by atoms with van der Waals surface area (Å²) >= 11 is 0. The third-order valence-corrected chi connectivity index (χ3v) is 5.25. The van der Waals surface area contributed by atoms with E-state index in [4.69, 9.17) is 9.52 Å². The van der Waals surface area contributed by atoms with E-state index in [0.29, 0.717) is 19.0 Å². The van der Waals surface area contributed by atoms with Crippen molar-refractivity contribution in [2.24, 2.45) is 12.0 Å². The number of hydrogen-bond acceptors (Lipinski definition) is 5. The Morgan fingerprint density at radius 2 is 1.90 bits per heavy atom. The smallest absolute Gasteiger partial charge is 0.192 e. The second kappa shape index (κ2) is 11.8. The summed E-state index contributed by atoms with van der Waals surface area (Å²) in [7, 11) is 1.96. The van der Waals surface area contributed by atoms with E-state index in [1.807, 2.05) is 36.7 Å². The summed E-state index contributed by atoms with van der Waals surface area (Å²) in [6.45, 7) is 9.23. The molecule has 2 heterocycles. The molecule has 2 N–H and O–H groups in total. The van der Waals surface area contributed by atoms with Crippen LogP contribution in [0.25, 0.3) is 0 Å².